The van der Waals surface area contributed by atoms with Gasteiger partial charge >= 0.3 is 12.2 Å². The fraction of sp³-hybridized carbons (Fsp3) is 0.696. The van der Waals surface area contributed by atoms with Gasteiger partial charge < -0.3 is 19.2 Å². The second-order valence-electron chi connectivity index (χ2n) is 10.2. The topological polar surface area (TPSA) is 97.0 Å². The second kappa shape index (κ2) is 8.65. The normalized spacial score (nSPS) is 31.3. The lowest BCUT2D eigenvalue weighted by molar-refractivity contribution is -0.797. The highest BCUT2D eigenvalue weighted by atomic mass is 16.6. The molecule has 172 valence electrons. The molecule has 1 aliphatic carbocycles. The van der Waals surface area contributed by atoms with Crippen molar-refractivity contribution in [3.63, 3.8) is 0 Å². The van der Waals surface area contributed by atoms with Crippen LogP contribution < -0.4 is 0 Å². The van der Waals surface area contributed by atoms with Crippen molar-refractivity contribution < 1.29 is 33.1 Å². The van der Waals surface area contributed by atoms with Crippen LogP contribution in [-0.4, -0.2) is 62.9 Å². The third-order valence-electron chi connectivity index (χ3n) is 6.66. The number of nitrogens with zero attached hydrogens (tertiary/aromatic N) is 2. The maximum atomic E-state index is 13.4. The first kappa shape index (κ1) is 23.3. The van der Waals surface area contributed by atoms with Crippen LogP contribution in [0.25, 0.3) is 0 Å². The number of carbonyl (C=O) groups is 3. The first-order valence-electron chi connectivity index (χ1n) is 11.2. The smallest absolute Gasteiger partial charge is 0.459 e. The molecule has 2 aliphatic rings. The molecule has 1 N–H and O–H groups in total. The molecule has 8 heteroatoms. The molecule has 0 aromatic carbocycles. The van der Waals surface area contributed by atoms with Crippen molar-refractivity contribution in [1.29, 1.82) is 0 Å². The Hall–Kier alpha value is -2.35. The molecule has 0 radical (unpaired) electrons. The number of imide groups is 1. The van der Waals surface area contributed by atoms with E-state index in [1.165, 1.54) is 6.26 Å². The van der Waals surface area contributed by atoms with Crippen LogP contribution >= 0.6 is 0 Å². The Morgan fingerprint density at radius 3 is 2.29 bits per heavy atom. The van der Waals surface area contributed by atoms with Crippen LogP contribution in [-0.2, 0) is 4.74 Å². The minimum atomic E-state index is -1.24. The molecule has 2 unspecified atom stereocenters. The highest BCUT2D eigenvalue weighted by Gasteiger charge is 2.61. The Labute approximate surface area is 183 Å². The number of quaternary nitrogens is 1. The van der Waals surface area contributed by atoms with Crippen molar-refractivity contribution in [2.75, 3.05) is 6.54 Å². The number of hydrogen-bond donors (Lipinski definition) is 1. The van der Waals surface area contributed by atoms with E-state index in [0.717, 1.165) is 25.7 Å². The van der Waals surface area contributed by atoms with E-state index in [2.05, 4.69) is 6.92 Å². The summed E-state index contributed by atoms with van der Waals surface area (Å²) in [6.45, 7) is 9.11. The van der Waals surface area contributed by atoms with E-state index in [1.807, 2.05) is 0 Å². The largest absolute Gasteiger partial charge is 0.527 e. The van der Waals surface area contributed by atoms with Gasteiger partial charge in [0.25, 0.3) is 5.91 Å². The molecule has 0 bridgehead atoms. The molecule has 1 saturated heterocycles. The summed E-state index contributed by atoms with van der Waals surface area (Å²) >= 11 is 0. The Morgan fingerprint density at radius 1 is 1.13 bits per heavy atom. The molecule has 1 aliphatic heterocycles. The van der Waals surface area contributed by atoms with Crippen LogP contribution in [0.3, 0.4) is 0 Å². The average Bonchev–Trinajstić information content (AvgIpc) is 3.30. The quantitative estimate of drug-likeness (QED) is 0.679. The van der Waals surface area contributed by atoms with E-state index in [4.69, 9.17) is 9.15 Å². The molecule has 0 spiro atoms. The molecule has 1 saturated carbocycles. The molecule has 3 amide bonds. The lowest BCUT2D eigenvalue weighted by Gasteiger charge is -2.39. The Balaban J connectivity index is 1.93. The summed E-state index contributed by atoms with van der Waals surface area (Å²) in [6.07, 6.45) is 3.59. The van der Waals surface area contributed by atoms with Crippen LogP contribution in [0.4, 0.5) is 9.59 Å². The SMILES string of the molecule is CC1CCC(N(C(=O)c2ccco2)[C@@H]2CC(C)[N+](C(=O)O)(C(=O)OC(C)(C)C)C2)CC1. The Kier molecular flexibility index (Phi) is 6.51. The summed E-state index contributed by atoms with van der Waals surface area (Å²) in [7, 11) is 0. The van der Waals surface area contributed by atoms with Gasteiger partial charge in [-0.15, -0.1) is 4.48 Å². The molecule has 2 fully saturated rings. The van der Waals surface area contributed by atoms with Gasteiger partial charge in [-0.3, -0.25) is 4.79 Å². The number of ether oxygens (including phenoxy) is 1. The van der Waals surface area contributed by atoms with Crippen LogP contribution in [0.2, 0.25) is 0 Å². The third-order valence-corrected chi connectivity index (χ3v) is 6.66. The predicted octanol–water partition coefficient (Wildman–Crippen LogP) is 4.89. The second-order valence-corrected chi connectivity index (χ2v) is 10.2. The number of hydrogen-bond acceptors (Lipinski definition) is 5. The van der Waals surface area contributed by atoms with E-state index in [-0.39, 0.29) is 24.3 Å². The number of carboxylic acid groups (broad SMARTS) is 1. The molecule has 1 aromatic rings. The fourth-order valence-electron chi connectivity index (χ4n) is 4.98. The number of amides is 3. The summed E-state index contributed by atoms with van der Waals surface area (Å²) in [6, 6.07) is 2.39. The monoisotopic (exact) mass is 435 g/mol. The molecule has 1 aromatic heterocycles. The van der Waals surface area contributed by atoms with Crippen LogP contribution in [0, 0.1) is 5.92 Å². The lowest BCUT2D eigenvalue weighted by Crippen LogP contribution is -2.61. The fourth-order valence-corrected chi connectivity index (χ4v) is 4.98. The van der Waals surface area contributed by atoms with E-state index < -0.39 is 34.4 Å². The lowest BCUT2D eigenvalue weighted by atomic mass is 9.85. The van der Waals surface area contributed by atoms with Crippen molar-refractivity contribution in [3.8, 4) is 0 Å². The van der Waals surface area contributed by atoms with Crippen molar-refractivity contribution in [1.82, 2.24) is 4.90 Å². The van der Waals surface area contributed by atoms with Crippen LogP contribution in [0.5, 0.6) is 0 Å². The molecular weight excluding hydrogens is 400 g/mol. The number of rotatable bonds is 3. The number of carbonyl (C=O) groups excluding carboxylic acids is 2. The summed E-state index contributed by atoms with van der Waals surface area (Å²) < 4.78 is 10.1. The average molecular weight is 436 g/mol. The van der Waals surface area contributed by atoms with Gasteiger partial charge in [0.05, 0.1) is 12.3 Å². The molecular formula is C23H35N2O6+. The zero-order valence-corrected chi connectivity index (χ0v) is 19.2. The molecule has 8 nitrogen and oxygen atoms in total. The summed E-state index contributed by atoms with van der Waals surface area (Å²) in [5.74, 6) is 0.607. The first-order chi connectivity index (χ1) is 14.5. The Morgan fingerprint density at radius 2 is 1.77 bits per heavy atom. The van der Waals surface area contributed by atoms with Gasteiger partial charge in [0.15, 0.2) is 5.76 Å². The van der Waals surface area contributed by atoms with Crippen molar-refractivity contribution in [2.24, 2.45) is 5.92 Å². The molecule has 2 heterocycles. The van der Waals surface area contributed by atoms with Gasteiger partial charge in [-0.05, 0) is 71.4 Å². The van der Waals surface area contributed by atoms with Crippen molar-refractivity contribution >= 4 is 18.1 Å². The van der Waals surface area contributed by atoms with Gasteiger partial charge in [-0.1, -0.05) is 6.92 Å². The third kappa shape index (κ3) is 4.63. The van der Waals surface area contributed by atoms with E-state index in [9.17, 15) is 19.5 Å². The first-order valence-corrected chi connectivity index (χ1v) is 11.2. The minimum absolute atomic E-state index is 0.00145. The van der Waals surface area contributed by atoms with Gasteiger partial charge in [0.2, 0.25) is 0 Å². The molecule has 3 rings (SSSR count). The van der Waals surface area contributed by atoms with E-state index in [0.29, 0.717) is 12.3 Å². The van der Waals surface area contributed by atoms with E-state index in [1.54, 1.807) is 44.7 Å². The summed E-state index contributed by atoms with van der Waals surface area (Å²) in [5, 5.41) is 10.1. The summed E-state index contributed by atoms with van der Waals surface area (Å²) in [5.41, 5.74) is -0.807. The highest BCUT2D eigenvalue weighted by Crippen LogP contribution is 2.37. The Bertz CT molecular complexity index is 807. The highest BCUT2D eigenvalue weighted by molar-refractivity contribution is 5.92. The standard InChI is InChI=1S/C23H34N2O6/c1-15-8-10-17(11-9-15)24(20(26)19-7-6-12-30-19)18-13-16(2)25(14-18,21(27)28)22(29)31-23(3,4)5/h6-7,12,15-18H,8-11,13-14H2,1-5H3/p+1/t15?,16?,17?,18-,25?/m1/s1. The number of likely N-dealkylation sites (tertiary alicyclic amines) is 1. The minimum Gasteiger partial charge on any atom is -0.459 e. The zero-order valence-electron chi connectivity index (χ0n) is 19.2. The van der Waals surface area contributed by atoms with Gasteiger partial charge in [-0.25, -0.2) is 0 Å². The maximum absolute atomic E-state index is 13.4. The number of furan rings is 1. The molecule has 3 atom stereocenters. The van der Waals surface area contributed by atoms with Crippen molar-refractivity contribution in [3.05, 3.63) is 24.2 Å². The van der Waals surface area contributed by atoms with Gasteiger partial charge in [0.1, 0.15) is 18.2 Å². The predicted molar refractivity (Wildman–Crippen MR) is 114 cm³/mol. The van der Waals surface area contributed by atoms with Gasteiger partial charge in [0, 0.05) is 12.5 Å². The summed E-state index contributed by atoms with van der Waals surface area (Å²) in [4.78, 5) is 40.7. The van der Waals surface area contributed by atoms with Gasteiger partial charge in [-0.2, -0.15) is 9.59 Å². The maximum Gasteiger partial charge on any atom is 0.527 e. The van der Waals surface area contributed by atoms with Crippen LogP contribution in [0.1, 0.15) is 77.3 Å². The zero-order chi connectivity index (χ0) is 23.0. The van der Waals surface area contributed by atoms with Crippen LogP contribution in [0.15, 0.2) is 22.8 Å². The van der Waals surface area contributed by atoms with E-state index >= 15 is 0 Å². The van der Waals surface area contributed by atoms with Crippen molar-refractivity contribution in [2.45, 2.75) is 90.4 Å². The molecule has 31 heavy (non-hydrogen) atoms.